The zero-order valence-electron chi connectivity index (χ0n) is 7.64. The minimum absolute atomic E-state index is 0.551. The van der Waals surface area contributed by atoms with E-state index in [2.05, 4.69) is 0 Å². The van der Waals surface area contributed by atoms with Crippen LogP contribution in [0.2, 0.25) is 5.02 Å². The monoisotopic (exact) mass is 208 g/mol. The third-order valence-electron chi connectivity index (χ3n) is 1.88. The highest BCUT2D eigenvalue weighted by molar-refractivity contribution is 6.30. The second-order valence-electron chi connectivity index (χ2n) is 2.85. The van der Waals surface area contributed by atoms with Gasteiger partial charge in [-0.05, 0) is 17.7 Å². The molecule has 0 fully saturated rings. The Morgan fingerprint density at radius 2 is 2.07 bits per heavy atom. The lowest BCUT2D eigenvalue weighted by molar-refractivity contribution is -0.118. The molecule has 0 N–H and O–H groups in total. The fraction of sp³-hybridized carbons (Fsp3) is 0.200. The number of benzene rings is 1. The lowest BCUT2D eigenvalue weighted by atomic mass is 10.1. The highest BCUT2D eigenvalue weighted by atomic mass is 35.5. The molecule has 1 aromatic carbocycles. The van der Waals surface area contributed by atoms with Crippen molar-refractivity contribution in [2.75, 3.05) is 7.05 Å². The summed E-state index contributed by atoms with van der Waals surface area (Å²) in [5.41, 5.74) is 0.756. The van der Waals surface area contributed by atoms with Crippen molar-refractivity contribution >= 4 is 18.0 Å². The largest absolute Gasteiger partial charge is 0.328 e. The van der Waals surface area contributed by atoms with E-state index in [1.807, 2.05) is 6.07 Å². The van der Waals surface area contributed by atoms with E-state index >= 15 is 0 Å². The van der Waals surface area contributed by atoms with E-state index in [0.717, 1.165) is 5.56 Å². The summed E-state index contributed by atoms with van der Waals surface area (Å²) in [5, 5.41) is 9.48. The lowest BCUT2D eigenvalue weighted by Crippen LogP contribution is -2.21. The summed E-state index contributed by atoms with van der Waals surface area (Å²) in [6.45, 7) is 0. The Bertz CT molecular complexity index is 355. The smallest absolute Gasteiger partial charge is 0.210 e. The SMILES string of the molecule is CN(C=O)C(C#N)c1ccc(Cl)cc1. The first-order valence-electron chi connectivity index (χ1n) is 4.01. The molecule has 0 spiro atoms. The predicted octanol–water partition coefficient (Wildman–Crippen LogP) is 1.99. The maximum atomic E-state index is 10.5. The number of hydrogen-bond acceptors (Lipinski definition) is 2. The third kappa shape index (κ3) is 2.24. The normalized spacial score (nSPS) is 11.5. The molecule has 0 saturated heterocycles. The molecule has 1 rings (SSSR count). The topological polar surface area (TPSA) is 44.1 Å². The van der Waals surface area contributed by atoms with Crippen molar-refractivity contribution in [2.24, 2.45) is 0 Å². The number of nitriles is 1. The van der Waals surface area contributed by atoms with Gasteiger partial charge in [-0.2, -0.15) is 5.26 Å². The quantitative estimate of drug-likeness (QED) is 0.713. The predicted molar refractivity (Wildman–Crippen MR) is 53.6 cm³/mol. The van der Waals surface area contributed by atoms with Gasteiger partial charge in [-0.3, -0.25) is 4.79 Å². The average Bonchev–Trinajstić information content (AvgIpc) is 2.21. The second kappa shape index (κ2) is 4.64. The van der Waals surface area contributed by atoms with Crippen molar-refractivity contribution in [1.29, 1.82) is 5.26 Å². The van der Waals surface area contributed by atoms with Gasteiger partial charge < -0.3 is 4.90 Å². The molecule has 1 amide bonds. The minimum Gasteiger partial charge on any atom is -0.328 e. The van der Waals surface area contributed by atoms with Crippen molar-refractivity contribution in [1.82, 2.24) is 4.90 Å². The summed E-state index contributed by atoms with van der Waals surface area (Å²) in [7, 11) is 1.56. The fourth-order valence-corrected chi connectivity index (χ4v) is 1.23. The molecule has 0 aromatic heterocycles. The van der Waals surface area contributed by atoms with E-state index in [1.165, 1.54) is 4.90 Å². The van der Waals surface area contributed by atoms with Crippen LogP contribution in [-0.2, 0) is 4.79 Å². The summed E-state index contributed by atoms with van der Waals surface area (Å²) >= 11 is 5.71. The molecule has 0 bridgehead atoms. The first-order chi connectivity index (χ1) is 6.69. The Morgan fingerprint density at radius 3 is 2.50 bits per heavy atom. The lowest BCUT2D eigenvalue weighted by Gasteiger charge is -2.17. The van der Waals surface area contributed by atoms with Gasteiger partial charge in [-0.1, -0.05) is 23.7 Å². The van der Waals surface area contributed by atoms with Crippen LogP contribution in [0.1, 0.15) is 11.6 Å². The van der Waals surface area contributed by atoms with Crippen LogP contribution in [0, 0.1) is 11.3 Å². The molecule has 3 nitrogen and oxygen atoms in total. The Morgan fingerprint density at radius 1 is 1.50 bits per heavy atom. The van der Waals surface area contributed by atoms with Crippen LogP contribution in [-0.4, -0.2) is 18.4 Å². The van der Waals surface area contributed by atoms with Crippen LogP contribution < -0.4 is 0 Å². The van der Waals surface area contributed by atoms with Crippen LogP contribution >= 0.6 is 11.6 Å². The number of hydrogen-bond donors (Lipinski definition) is 0. The van der Waals surface area contributed by atoms with Crippen molar-refractivity contribution in [3.05, 3.63) is 34.9 Å². The number of nitrogens with zero attached hydrogens (tertiary/aromatic N) is 2. The molecule has 0 heterocycles. The number of carbonyl (C=O) groups excluding carboxylic acids is 1. The molecule has 1 unspecified atom stereocenters. The zero-order chi connectivity index (χ0) is 10.6. The molecule has 1 aromatic rings. The maximum absolute atomic E-state index is 10.5. The fourth-order valence-electron chi connectivity index (χ4n) is 1.11. The van der Waals surface area contributed by atoms with E-state index in [1.54, 1.807) is 31.3 Å². The third-order valence-corrected chi connectivity index (χ3v) is 2.13. The second-order valence-corrected chi connectivity index (χ2v) is 3.29. The highest BCUT2D eigenvalue weighted by Crippen LogP contribution is 2.19. The molecule has 0 saturated carbocycles. The molecule has 0 aliphatic heterocycles. The molecule has 4 heteroatoms. The van der Waals surface area contributed by atoms with E-state index in [-0.39, 0.29) is 0 Å². The Kier molecular flexibility index (Phi) is 3.49. The summed E-state index contributed by atoms with van der Waals surface area (Å²) in [5.74, 6) is 0. The molecule has 0 aliphatic rings. The van der Waals surface area contributed by atoms with E-state index in [0.29, 0.717) is 11.4 Å². The van der Waals surface area contributed by atoms with Crippen LogP contribution in [0.4, 0.5) is 0 Å². The summed E-state index contributed by atoms with van der Waals surface area (Å²) in [6.07, 6.45) is 0.627. The van der Waals surface area contributed by atoms with Gasteiger partial charge in [-0.25, -0.2) is 0 Å². The summed E-state index contributed by atoms with van der Waals surface area (Å²) in [6, 6.07) is 8.34. The van der Waals surface area contributed by atoms with Gasteiger partial charge in [0.1, 0.15) is 6.04 Å². The van der Waals surface area contributed by atoms with Gasteiger partial charge >= 0.3 is 0 Å². The van der Waals surface area contributed by atoms with Gasteiger partial charge in [0.15, 0.2) is 0 Å². The van der Waals surface area contributed by atoms with E-state index in [4.69, 9.17) is 16.9 Å². The maximum Gasteiger partial charge on any atom is 0.210 e. The summed E-state index contributed by atoms with van der Waals surface area (Å²) < 4.78 is 0. The van der Waals surface area contributed by atoms with Crippen molar-refractivity contribution in [3.8, 4) is 6.07 Å². The number of halogens is 1. The Labute approximate surface area is 87.5 Å². The van der Waals surface area contributed by atoms with Gasteiger partial charge in [0.25, 0.3) is 0 Å². The number of rotatable bonds is 3. The van der Waals surface area contributed by atoms with Crippen molar-refractivity contribution in [3.63, 3.8) is 0 Å². The Balaban J connectivity index is 2.96. The average molecular weight is 209 g/mol. The first kappa shape index (κ1) is 10.6. The van der Waals surface area contributed by atoms with Gasteiger partial charge in [0.05, 0.1) is 6.07 Å². The number of carbonyl (C=O) groups is 1. The van der Waals surface area contributed by atoms with Gasteiger partial charge in [0.2, 0.25) is 6.41 Å². The molecule has 1 atom stereocenters. The van der Waals surface area contributed by atoms with Gasteiger partial charge in [-0.15, -0.1) is 0 Å². The molecular weight excluding hydrogens is 200 g/mol. The van der Waals surface area contributed by atoms with Crippen LogP contribution in [0.25, 0.3) is 0 Å². The van der Waals surface area contributed by atoms with Crippen LogP contribution in [0.3, 0.4) is 0 Å². The molecule has 0 radical (unpaired) electrons. The molecular formula is C10H9ClN2O. The highest BCUT2D eigenvalue weighted by Gasteiger charge is 2.13. The van der Waals surface area contributed by atoms with Crippen molar-refractivity contribution < 1.29 is 4.79 Å². The minimum atomic E-state index is -0.551. The Hall–Kier alpha value is -1.53. The zero-order valence-corrected chi connectivity index (χ0v) is 8.40. The van der Waals surface area contributed by atoms with E-state index < -0.39 is 6.04 Å². The van der Waals surface area contributed by atoms with Gasteiger partial charge in [0, 0.05) is 12.1 Å². The van der Waals surface area contributed by atoms with Crippen LogP contribution in [0.5, 0.6) is 0 Å². The first-order valence-corrected chi connectivity index (χ1v) is 4.39. The standard InChI is InChI=1S/C10H9ClN2O/c1-13(7-14)10(6-12)8-2-4-9(11)5-3-8/h2-5,7,10H,1H3. The number of amides is 1. The van der Waals surface area contributed by atoms with E-state index in [9.17, 15) is 4.79 Å². The summed E-state index contributed by atoms with van der Waals surface area (Å²) in [4.78, 5) is 11.8. The molecule has 0 aliphatic carbocycles. The van der Waals surface area contributed by atoms with Crippen molar-refractivity contribution in [2.45, 2.75) is 6.04 Å². The molecule has 14 heavy (non-hydrogen) atoms. The van der Waals surface area contributed by atoms with Crippen LogP contribution in [0.15, 0.2) is 24.3 Å². The molecule has 72 valence electrons.